The van der Waals surface area contributed by atoms with E-state index in [2.05, 4.69) is 16.4 Å². The van der Waals surface area contributed by atoms with Gasteiger partial charge in [0.1, 0.15) is 5.75 Å². The van der Waals surface area contributed by atoms with Gasteiger partial charge in [-0.2, -0.15) is 0 Å². The van der Waals surface area contributed by atoms with Crippen LogP contribution in [0.15, 0.2) is 54.7 Å². The average molecular weight is 377 g/mol. The highest BCUT2D eigenvalue weighted by molar-refractivity contribution is 6.23. The highest BCUT2D eigenvalue weighted by Crippen LogP contribution is 2.32. The van der Waals surface area contributed by atoms with Gasteiger partial charge in [-0.1, -0.05) is 30.3 Å². The molecular weight excluding hydrogens is 354 g/mol. The molecule has 1 aliphatic heterocycles. The van der Waals surface area contributed by atoms with Crippen molar-refractivity contribution in [1.82, 2.24) is 10.3 Å². The van der Waals surface area contributed by atoms with Crippen LogP contribution in [-0.4, -0.2) is 36.0 Å². The minimum absolute atomic E-state index is 0.160. The molecule has 2 heterocycles. The van der Waals surface area contributed by atoms with Gasteiger partial charge in [0.05, 0.1) is 24.8 Å². The van der Waals surface area contributed by atoms with Gasteiger partial charge in [0.15, 0.2) is 0 Å². The normalized spacial score (nSPS) is 16.9. The van der Waals surface area contributed by atoms with E-state index in [1.54, 1.807) is 18.2 Å². The lowest BCUT2D eigenvalue weighted by Gasteiger charge is -2.18. The quantitative estimate of drug-likeness (QED) is 0.621. The summed E-state index contributed by atoms with van der Waals surface area (Å²) < 4.78 is 5.58. The Labute approximate surface area is 163 Å². The van der Waals surface area contributed by atoms with Gasteiger partial charge >= 0.3 is 0 Å². The van der Waals surface area contributed by atoms with Crippen LogP contribution in [0.5, 0.6) is 5.75 Å². The van der Waals surface area contributed by atoms with Gasteiger partial charge in [0.25, 0.3) is 5.91 Å². The summed E-state index contributed by atoms with van der Waals surface area (Å²) in [6.45, 7) is 2.96. The maximum atomic E-state index is 12.9. The Morgan fingerprint density at radius 2 is 1.93 bits per heavy atom. The first-order chi connectivity index (χ1) is 13.7. The molecule has 0 bridgehead atoms. The van der Waals surface area contributed by atoms with E-state index >= 15 is 0 Å². The minimum Gasteiger partial charge on any atom is -0.492 e. The summed E-state index contributed by atoms with van der Waals surface area (Å²) in [5.74, 6) is 0.115. The van der Waals surface area contributed by atoms with Crippen LogP contribution in [0.4, 0.5) is 5.69 Å². The zero-order valence-corrected chi connectivity index (χ0v) is 15.8. The van der Waals surface area contributed by atoms with Crippen molar-refractivity contribution in [2.24, 2.45) is 0 Å². The van der Waals surface area contributed by atoms with Gasteiger partial charge in [-0.25, -0.2) is 4.90 Å². The zero-order chi connectivity index (χ0) is 19.5. The number of carbonyl (C=O) groups is 2. The van der Waals surface area contributed by atoms with Gasteiger partial charge in [-0.05, 0) is 37.1 Å². The first-order valence-electron chi connectivity index (χ1n) is 9.56. The number of ether oxygens (including phenoxy) is 1. The first kappa shape index (κ1) is 18.3. The standard InChI is InChI=1S/C22H23N3O3/c1-2-28-20-10-6-5-9-19(20)25-21(26)13-18(22(25)27)23-12-11-15-14-24-17-8-4-3-7-16(15)17/h3-10,14,18,23-24H,2,11-13H2,1H3/t18-/m1/s1. The number of benzene rings is 2. The molecular formula is C22H23N3O3. The largest absolute Gasteiger partial charge is 0.492 e. The van der Waals surface area contributed by atoms with E-state index in [1.165, 1.54) is 15.8 Å². The molecule has 6 nitrogen and oxygen atoms in total. The SMILES string of the molecule is CCOc1ccccc1N1C(=O)C[C@@H](NCCc2c[nH]c3ccccc23)C1=O. The third-order valence-corrected chi connectivity index (χ3v) is 5.01. The number of carbonyl (C=O) groups excluding carboxylic acids is 2. The van der Waals surface area contributed by atoms with Crippen molar-refractivity contribution in [3.8, 4) is 5.75 Å². The van der Waals surface area contributed by atoms with Crippen molar-refractivity contribution >= 4 is 28.4 Å². The van der Waals surface area contributed by atoms with Crippen LogP contribution < -0.4 is 15.0 Å². The van der Waals surface area contributed by atoms with Crippen LogP contribution in [0.3, 0.4) is 0 Å². The number of aromatic amines is 1. The molecule has 3 aromatic rings. The predicted molar refractivity (Wildman–Crippen MR) is 109 cm³/mol. The summed E-state index contributed by atoms with van der Waals surface area (Å²) in [6, 6.07) is 14.8. The Kier molecular flexibility index (Phi) is 5.12. The van der Waals surface area contributed by atoms with E-state index < -0.39 is 6.04 Å². The number of H-pyrrole nitrogens is 1. The number of fused-ring (bicyclic) bond motifs is 1. The molecule has 0 radical (unpaired) electrons. The highest BCUT2D eigenvalue weighted by Gasteiger charge is 2.40. The number of amides is 2. The molecule has 28 heavy (non-hydrogen) atoms. The third kappa shape index (κ3) is 3.39. The van der Waals surface area contributed by atoms with Crippen molar-refractivity contribution in [2.45, 2.75) is 25.8 Å². The number of para-hydroxylation sites is 3. The van der Waals surface area contributed by atoms with Gasteiger partial charge in [-0.15, -0.1) is 0 Å². The summed E-state index contributed by atoms with van der Waals surface area (Å²) in [6.07, 6.45) is 2.93. The zero-order valence-electron chi connectivity index (χ0n) is 15.8. The lowest BCUT2D eigenvalue weighted by Crippen LogP contribution is -2.39. The Morgan fingerprint density at radius 1 is 1.14 bits per heavy atom. The highest BCUT2D eigenvalue weighted by atomic mass is 16.5. The van der Waals surface area contributed by atoms with Crippen LogP contribution in [-0.2, 0) is 16.0 Å². The second-order valence-electron chi connectivity index (χ2n) is 6.79. The molecule has 1 saturated heterocycles. The number of rotatable bonds is 7. The molecule has 1 aromatic heterocycles. The number of nitrogens with one attached hydrogen (secondary N) is 2. The predicted octanol–water partition coefficient (Wildman–Crippen LogP) is 3.03. The lowest BCUT2D eigenvalue weighted by molar-refractivity contribution is -0.121. The molecule has 0 unspecified atom stereocenters. The van der Waals surface area contributed by atoms with Gasteiger partial charge in [0.2, 0.25) is 5.91 Å². The Bertz CT molecular complexity index is 1010. The number of anilines is 1. The average Bonchev–Trinajstić information content (AvgIpc) is 3.24. The summed E-state index contributed by atoms with van der Waals surface area (Å²) in [7, 11) is 0. The monoisotopic (exact) mass is 377 g/mol. The van der Waals surface area contributed by atoms with Gasteiger partial charge in [-0.3, -0.25) is 9.59 Å². The van der Waals surface area contributed by atoms with E-state index in [0.29, 0.717) is 24.6 Å². The molecule has 144 valence electrons. The molecule has 2 aromatic carbocycles. The van der Waals surface area contributed by atoms with Crippen molar-refractivity contribution in [3.05, 3.63) is 60.3 Å². The topological polar surface area (TPSA) is 74.4 Å². The van der Waals surface area contributed by atoms with E-state index in [1.807, 2.05) is 37.4 Å². The molecule has 1 fully saturated rings. The fraction of sp³-hybridized carbons (Fsp3) is 0.273. The molecule has 1 aliphatic rings. The number of hydrogen-bond acceptors (Lipinski definition) is 4. The number of hydrogen-bond donors (Lipinski definition) is 2. The molecule has 1 atom stereocenters. The summed E-state index contributed by atoms with van der Waals surface area (Å²) in [4.78, 5) is 29.9. The number of imide groups is 1. The smallest absolute Gasteiger partial charge is 0.251 e. The summed E-state index contributed by atoms with van der Waals surface area (Å²) in [5, 5.41) is 4.43. The van der Waals surface area contributed by atoms with Crippen molar-refractivity contribution < 1.29 is 14.3 Å². The maximum absolute atomic E-state index is 12.9. The van der Waals surface area contributed by atoms with E-state index in [4.69, 9.17) is 4.74 Å². The van der Waals surface area contributed by atoms with Crippen LogP contribution >= 0.6 is 0 Å². The molecule has 0 aliphatic carbocycles. The fourth-order valence-electron chi connectivity index (χ4n) is 3.68. The number of aromatic nitrogens is 1. The third-order valence-electron chi connectivity index (χ3n) is 5.01. The Morgan fingerprint density at radius 3 is 2.79 bits per heavy atom. The fourth-order valence-corrected chi connectivity index (χ4v) is 3.68. The maximum Gasteiger partial charge on any atom is 0.251 e. The van der Waals surface area contributed by atoms with Crippen LogP contribution in [0.1, 0.15) is 18.9 Å². The molecule has 0 saturated carbocycles. The molecule has 2 amide bonds. The van der Waals surface area contributed by atoms with E-state index in [-0.39, 0.29) is 18.2 Å². The minimum atomic E-state index is -0.507. The van der Waals surface area contributed by atoms with Crippen molar-refractivity contribution in [1.29, 1.82) is 0 Å². The lowest BCUT2D eigenvalue weighted by atomic mass is 10.1. The Balaban J connectivity index is 1.43. The molecule has 4 rings (SSSR count). The van der Waals surface area contributed by atoms with Gasteiger partial charge < -0.3 is 15.0 Å². The van der Waals surface area contributed by atoms with E-state index in [0.717, 1.165) is 11.9 Å². The van der Waals surface area contributed by atoms with Crippen LogP contribution in [0.2, 0.25) is 0 Å². The second kappa shape index (κ2) is 7.86. The van der Waals surface area contributed by atoms with E-state index in [9.17, 15) is 9.59 Å². The molecule has 6 heteroatoms. The van der Waals surface area contributed by atoms with Crippen LogP contribution in [0, 0.1) is 0 Å². The van der Waals surface area contributed by atoms with Gasteiger partial charge in [0, 0.05) is 23.6 Å². The summed E-state index contributed by atoms with van der Waals surface area (Å²) >= 11 is 0. The first-order valence-corrected chi connectivity index (χ1v) is 9.56. The molecule has 2 N–H and O–H groups in total. The van der Waals surface area contributed by atoms with Crippen LogP contribution in [0.25, 0.3) is 10.9 Å². The molecule has 0 spiro atoms. The second-order valence-corrected chi connectivity index (χ2v) is 6.79. The van der Waals surface area contributed by atoms with Crippen molar-refractivity contribution in [2.75, 3.05) is 18.1 Å². The number of nitrogens with zero attached hydrogens (tertiary/aromatic N) is 1. The van der Waals surface area contributed by atoms with Crippen molar-refractivity contribution in [3.63, 3.8) is 0 Å². The Hall–Kier alpha value is -3.12. The summed E-state index contributed by atoms with van der Waals surface area (Å²) in [5.41, 5.74) is 2.81.